The van der Waals surface area contributed by atoms with Crippen molar-refractivity contribution in [3.05, 3.63) is 58.2 Å². The molecule has 0 N–H and O–H groups in total. The van der Waals surface area contributed by atoms with Gasteiger partial charge in [-0.05, 0) is 38.0 Å². The lowest BCUT2D eigenvalue weighted by atomic mass is 10.1. The number of carbonyl (C=O) groups is 3. The van der Waals surface area contributed by atoms with Crippen LogP contribution in [-0.4, -0.2) is 55.4 Å². The van der Waals surface area contributed by atoms with E-state index in [2.05, 4.69) is 15.1 Å². The summed E-state index contributed by atoms with van der Waals surface area (Å²) < 4.78 is 44.8. The molecular formula is C21H18F3N5O4. The first-order valence-corrected chi connectivity index (χ1v) is 9.99. The zero-order valence-electron chi connectivity index (χ0n) is 17.6. The molecule has 0 saturated carbocycles. The lowest BCUT2D eigenvalue weighted by Crippen LogP contribution is -2.33. The quantitative estimate of drug-likeness (QED) is 0.410. The van der Waals surface area contributed by atoms with Crippen LogP contribution in [0.4, 0.5) is 13.2 Å². The fraction of sp³-hybridized carbons (Fsp3) is 0.333. The molecule has 0 spiro atoms. The first-order chi connectivity index (χ1) is 15.6. The maximum Gasteiger partial charge on any atom is 0.453 e. The maximum absolute atomic E-state index is 12.9. The summed E-state index contributed by atoms with van der Waals surface area (Å²) >= 11 is 0. The minimum Gasteiger partial charge on any atom is -0.464 e. The molecule has 0 saturated heterocycles. The molecule has 1 aliphatic heterocycles. The van der Waals surface area contributed by atoms with Gasteiger partial charge in [0.1, 0.15) is 6.61 Å². The number of fused-ring (bicyclic) bond motifs is 2. The van der Waals surface area contributed by atoms with Crippen LogP contribution in [0.3, 0.4) is 0 Å². The van der Waals surface area contributed by atoms with E-state index in [-0.39, 0.29) is 31.8 Å². The van der Waals surface area contributed by atoms with Gasteiger partial charge in [0.15, 0.2) is 0 Å². The van der Waals surface area contributed by atoms with Crippen molar-refractivity contribution in [2.24, 2.45) is 0 Å². The summed E-state index contributed by atoms with van der Waals surface area (Å²) in [6.45, 7) is 2.93. The van der Waals surface area contributed by atoms with E-state index in [1.54, 1.807) is 38.1 Å². The van der Waals surface area contributed by atoms with Gasteiger partial charge in [0.25, 0.3) is 23.4 Å². The molecule has 33 heavy (non-hydrogen) atoms. The molecule has 1 aromatic carbocycles. The number of nitrogens with zero attached hydrogens (tertiary/aromatic N) is 5. The van der Waals surface area contributed by atoms with E-state index in [0.29, 0.717) is 28.1 Å². The van der Waals surface area contributed by atoms with Crippen LogP contribution >= 0.6 is 0 Å². The van der Waals surface area contributed by atoms with E-state index in [1.165, 1.54) is 0 Å². The molecule has 0 radical (unpaired) electrons. The Labute approximate surface area is 185 Å². The van der Waals surface area contributed by atoms with Gasteiger partial charge >= 0.3 is 12.1 Å². The first-order valence-electron chi connectivity index (χ1n) is 9.99. The standard InChI is InChI=1S/C21H18F3N5O4/c1-11-13(12(2)29-20(25-11)26-19(27-29)21(22,23)24)7-8-16(30)33-10-9-28-17(31)14-5-3-4-6-15(14)18(28)32/h3-6H,7-10H2,1-2H3. The smallest absolute Gasteiger partial charge is 0.453 e. The van der Waals surface area contributed by atoms with E-state index in [9.17, 15) is 27.6 Å². The number of aryl methyl sites for hydroxylation is 2. The van der Waals surface area contributed by atoms with Gasteiger partial charge in [0.2, 0.25) is 0 Å². The normalized spacial score (nSPS) is 13.7. The molecule has 9 nitrogen and oxygen atoms in total. The predicted octanol–water partition coefficient (Wildman–Crippen LogP) is 2.53. The monoisotopic (exact) mass is 461 g/mol. The third kappa shape index (κ3) is 4.15. The third-order valence-electron chi connectivity index (χ3n) is 5.34. The molecule has 1 aliphatic rings. The van der Waals surface area contributed by atoms with Gasteiger partial charge in [0, 0.05) is 17.8 Å². The van der Waals surface area contributed by atoms with Crippen LogP contribution < -0.4 is 0 Å². The summed E-state index contributed by atoms with van der Waals surface area (Å²) in [5, 5.41) is 3.47. The second-order valence-corrected chi connectivity index (χ2v) is 7.43. The number of ether oxygens (including phenoxy) is 1. The Morgan fingerprint density at radius 3 is 2.30 bits per heavy atom. The van der Waals surface area contributed by atoms with Crippen LogP contribution in [-0.2, 0) is 22.1 Å². The number of hydrogen-bond acceptors (Lipinski definition) is 7. The maximum atomic E-state index is 12.9. The topological polar surface area (TPSA) is 107 Å². The van der Waals surface area contributed by atoms with Gasteiger partial charge in [-0.1, -0.05) is 12.1 Å². The van der Waals surface area contributed by atoms with Gasteiger partial charge in [0.05, 0.1) is 17.7 Å². The molecule has 2 aromatic heterocycles. The molecule has 12 heteroatoms. The summed E-state index contributed by atoms with van der Waals surface area (Å²) in [5.41, 5.74) is 1.99. The number of aromatic nitrogens is 4. The molecule has 4 rings (SSSR count). The Bertz CT molecular complexity index is 1250. The predicted molar refractivity (Wildman–Crippen MR) is 106 cm³/mol. The van der Waals surface area contributed by atoms with Crippen LogP contribution in [0.25, 0.3) is 5.78 Å². The van der Waals surface area contributed by atoms with E-state index in [4.69, 9.17) is 4.74 Å². The number of imide groups is 1. The Morgan fingerprint density at radius 1 is 1.06 bits per heavy atom. The number of carbonyl (C=O) groups excluding carboxylic acids is 3. The number of benzene rings is 1. The van der Waals surface area contributed by atoms with E-state index >= 15 is 0 Å². The van der Waals surface area contributed by atoms with Gasteiger partial charge in [-0.3, -0.25) is 19.3 Å². The number of esters is 1. The number of rotatable bonds is 6. The van der Waals surface area contributed by atoms with Crippen molar-refractivity contribution in [1.82, 2.24) is 24.5 Å². The van der Waals surface area contributed by atoms with E-state index in [0.717, 1.165) is 9.42 Å². The lowest BCUT2D eigenvalue weighted by molar-refractivity contribution is -0.145. The molecule has 0 atom stereocenters. The minimum atomic E-state index is -4.70. The zero-order valence-corrected chi connectivity index (χ0v) is 17.6. The summed E-state index contributed by atoms with van der Waals surface area (Å²) in [5.74, 6) is -2.93. The highest BCUT2D eigenvalue weighted by molar-refractivity contribution is 6.21. The molecule has 3 heterocycles. The van der Waals surface area contributed by atoms with Gasteiger partial charge < -0.3 is 4.74 Å². The molecule has 0 unspecified atom stereocenters. The van der Waals surface area contributed by atoms with Gasteiger partial charge in [-0.25, -0.2) is 9.50 Å². The van der Waals surface area contributed by atoms with Crippen LogP contribution in [0.2, 0.25) is 0 Å². The fourth-order valence-electron chi connectivity index (χ4n) is 3.68. The average Bonchev–Trinajstić information content (AvgIpc) is 3.29. The molecule has 0 bridgehead atoms. The van der Waals surface area contributed by atoms with Gasteiger partial charge in [-0.15, -0.1) is 5.10 Å². The first kappa shape index (κ1) is 22.4. The molecule has 2 amide bonds. The highest BCUT2D eigenvalue weighted by Crippen LogP contribution is 2.27. The van der Waals surface area contributed by atoms with Crippen molar-refractivity contribution in [3.63, 3.8) is 0 Å². The van der Waals surface area contributed by atoms with Crippen molar-refractivity contribution >= 4 is 23.6 Å². The molecule has 3 aromatic rings. The molecule has 0 fully saturated rings. The highest BCUT2D eigenvalue weighted by atomic mass is 19.4. The SMILES string of the molecule is Cc1nc2nc(C(F)(F)F)nn2c(C)c1CCC(=O)OCCN1C(=O)c2ccccc2C1=O. The van der Waals surface area contributed by atoms with Gasteiger partial charge in [-0.2, -0.15) is 18.2 Å². The summed E-state index contributed by atoms with van der Waals surface area (Å²) in [6.07, 6.45) is -4.61. The zero-order chi connectivity index (χ0) is 23.9. The summed E-state index contributed by atoms with van der Waals surface area (Å²) in [7, 11) is 0. The van der Waals surface area contributed by atoms with Crippen LogP contribution in [0.1, 0.15) is 49.9 Å². The minimum absolute atomic E-state index is 0.0716. The fourth-order valence-corrected chi connectivity index (χ4v) is 3.68. The van der Waals surface area contributed by atoms with E-state index < -0.39 is 29.8 Å². The van der Waals surface area contributed by atoms with Crippen molar-refractivity contribution < 1.29 is 32.3 Å². The third-order valence-corrected chi connectivity index (χ3v) is 5.34. The summed E-state index contributed by atoms with van der Waals surface area (Å²) in [4.78, 5) is 45.3. The molecule has 0 aliphatic carbocycles. The summed E-state index contributed by atoms with van der Waals surface area (Å²) in [6, 6.07) is 6.44. The number of halogens is 3. The molecular weight excluding hydrogens is 443 g/mol. The Hall–Kier alpha value is -3.83. The van der Waals surface area contributed by atoms with E-state index in [1.807, 2.05) is 0 Å². The van der Waals surface area contributed by atoms with Crippen LogP contribution in [0.5, 0.6) is 0 Å². The van der Waals surface area contributed by atoms with Crippen molar-refractivity contribution in [2.75, 3.05) is 13.2 Å². The second kappa shape index (κ2) is 8.26. The van der Waals surface area contributed by atoms with Crippen LogP contribution in [0.15, 0.2) is 24.3 Å². The lowest BCUT2D eigenvalue weighted by Gasteiger charge is -2.14. The molecule has 172 valence electrons. The van der Waals surface area contributed by atoms with Crippen LogP contribution in [0, 0.1) is 13.8 Å². The van der Waals surface area contributed by atoms with Crippen molar-refractivity contribution in [3.8, 4) is 0 Å². The second-order valence-electron chi connectivity index (χ2n) is 7.43. The number of amides is 2. The Balaban J connectivity index is 1.36. The Kier molecular flexibility index (Phi) is 5.60. The van der Waals surface area contributed by atoms with Crippen molar-refractivity contribution in [1.29, 1.82) is 0 Å². The number of hydrogen-bond donors (Lipinski definition) is 0. The Morgan fingerprint density at radius 2 is 1.70 bits per heavy atom. The number of alkyl halides is 3. The highest BCUT2D eigenvalue weighted by Gasteiger charge is 2.37. The largest absolute Gasteiger partial charge is 0.464 e. The average molecular weight is 461 g/mol. The van der Waals surface area contributed by atoms with Crippen molar-refractivity contribution in [2.45, 2.75) is 32.9 Å².